The maximum Gasteiger partial charge on any atom is 0.352 e. The summed E-state index contributed by atoms with van der Waals surface area (Å²) in [6.07, 6.45) is 1.97. The quantitative estimate of drug-likeness (QED) is 0.480. The summed E-state index contributed by atoms with van der Waals surface area (Å²) in [6, 6.07) is 5.27. The predicted octanol–water partition coefficient (Wildman–Crippen LogP) is 0.629. The summed E-state index contributed by atoms with van der Waals surface area (Å²) < 4.78 is 0. The molecular weight excluding hydrogens is 398 g/mol. The molecule has 4 N–H and O–H groups in total. The number of aliphatic carboxylic acids is 1. The molecule has 9 nitrogen and oxygen atoms in total. The lowest BCUT2D eigenvalue weighted by atomic mass is 10.0. The minimum atomic E-state index is -1.23. The van der Waals surface area contributed by atoms with Crippen molar-refractivity contribution in [2.24, 2.45) is 5.73 Å². The standard InChI is InChI=1S/C19H17N3O6S/c20-13-16(24)22-14(19(27)28)11(8-29-17(13)22)7-10-5-6-21(15(10)23)12-3-1-9(2-4-12)18(25)26/h1-4,7,13,17H,5-6,8,20H2,(H,25,26)(H,27,28)/b10-7+/t13-,17-/m1/s1. The van der Waals surface area contributed by atoms with Crippen LogP contribution in [0, 0.1) is 0 Å². The van der Waals surface area contributed by atoms with E-state index in [0.29, 0.717) is 35.6 Å². The number of anilines is 1. The second kappa shape index (κ2) is 7.05. The third kappa shape index (κ3) is 3.10. The highest BCUT2D eigenvalue weighted by atomic mass is 32.2. The molecule has 150 valence electrons. The molecule has 2 amide bonds. The van der Waals surface area contributed by atoms with E-state index in [0.717, 1.165) is 0 Å². The lowest BCUT2D eigenvalue weighted by molar-refractivity contribution is -0.147. The van der Waals surface area contributed by atoms with Crippen LogP contribution in [0.2, 0.25) is 0 Å². The van der Waals surface area contributed by atoms with E-state index in [1.807, 2.05) is 0 Å². The van der Waals surface area contributed by atoms with Gasteiger partial charge in [-0.15, -0.1) is 11.8 Å². The number of β-lactam (4-membered cyclic amide) rings is 1. The van der Waals surface area contributed by atoms with Crippen LogP contribution in [0.4, 0.5) is 5.69 Å². The minimum absolute atomic E-state index is 0.120. The van der Waals surface area contributed by atoms with Crippen molar-refractivity contribution in [1.29, 1.82) is 0 Å². The van der Waals surface area contributed by atoms with Gasteiger partial charge in [-0.1, -0.05) is 0 Å². The van der Waals surface area contributed by atoms with Crippen LogP contribution in [-0.4, -0.2) is 62.6 Å². The van der Waals surface area contributed by atoms with E-state index < -0.39 is 23.9 Å². The highest BCUT2D eigenvalue weighted by Gasteiger charge is 2.51. The largest absolute Gasteiger partial charge is 0.478 e. The number of carboxylic acid groups (broad SMARTS) is 2. The van der Waals surface area contributed by atoms with Gasteiger partial charge in [0.05, 0.1) is 5.56 Å². The molecule has 3 aliphatic rings. The topological polar surface area (TPSA) is 141 Å². The molecule has 0 aliphatic carbocycles. The van der Waals surface area contributed by atoms with E-state index in [-0.39, 0.29) is 22.5 Å². The number of carboxylic acids is 2. The summed E-state index contributed by atoms with van der Waals surface area (Å²) in [5.41, 5.74) is 7.16. The van der Waals surface area contributed by atoms with Crippen LogP contribution in [0.15, 0.2) is 47.2 Å². The summed E-state index contributed by atoms with van der Waals surface area (Å²) in [7, 11) is 0. The van der Waals surface area contributed by atoms with Gasteiger partial charge in [-0.05, 0) is 42.3 Å². The molecule has 0 bridgehead atoms. The fourth-order valence-corrected chi connectivity index (χ4v) is 4.89. The first kappa shape index (κ1) is 19.2. The van der Waals surface area contributed by atoms with Crippen molar-refractivity contribution in [3.8, 4) is 0 Å². The first-order chi connectivity index (χ1) is 13.8. The maximum absolute atomic E-state index is 12.8. The highest BCUT2D eigenvalue weighted by molar-refractivity contribution is 8.00. The summed E-state index contributed by atoms with van der Waals surface area (Å²) in [5, 5.41) is 18.2. The molecule has 1 aromatic rings. The molecule has 10 heteroatoms. The highest BCUT2D eigenvalue weighted by Crippen LogP contribution is 2.40. The summed E-state index contributed by atoms with van der Waals surface area (Å²) >= 11 is 1.37. The number of aromatic carboxylic acids is 1. The number of nitrogens with two attached hydrogens (primary N) is 1. The average molecular weight is 415 g/mol. The Hall–Kier alpha value is -3.11. The maximum atomic E-state index is 12.8. The van der Waals surface area contributed by atoms with Gasteiger partial charge in [-0.25, -0.2) is 9.59 Å². The number of carbonyl (C=O) groups is 4. The SMILES string of the molecule is N[C@@H]1C(=O)N2C(C(=O)O)=C(/C=C3\CCN(c4ccc(C(=O)O)cc4)C3=O)CS[C@H]12. The van der Waals surface area contributed by atoms with Crippen molar-refractivity contribution in [2.75, 3.05) is 17.2 Å². The van der Waals surface area contributed by atoms with Crippen LogP contribution in [0.5, 0.6) is 0 Å². The van der Waals surface area contributed by atoms with Gasteiger partial charge in [0, 0.05) is 23.6 Å². The Bertz CT molecular complexity index is 1000. The zero-order valence-electron chi connectivity index (χ0n) is 15.1. The summed E-state index contributed by atoms with van der Waals surface area (Å²) in [4.78, 5) is 50.3. The molecule has 0 saturated carbocycles. The Morgan fingerprint density at radius 2 is 1.83 bits per heavy atom. The van der Waals surface area contributed by atoms with Crippen molar-refractivity contribution >= 4 is 41.2 Å². The lowest BCUT2D eigenvalue weighted by Gasteiger charge is -2.47. The molecule has 2 atom stereocenters. The number of thioether (sulfide) groups is 1. The van der Waals surface area contributed by atoms with Gasteiger partial charge in [0.25, 0.3) is 5.91 Å². The fourth-order valence-electron chi connectivity index (χ4n) is 3.64. The van der Waals surface area contributed by atoms with Crippen molar-refractivity contribution in [3.63, 3.8) is 0 Å². The second-order valence-electron chi connectivity index (χ2n) is 6.84. The van der Waals surface area contributed by atoms with Gasteiger partial charge >= 0.3 is 11.9 Å². The number of amides is 2. The first-order valence-electron chi connectivity index (χ1n) is 8.82. The van der Waals surface area contributed by atoms with Crippen LogP contribution in [0.25, 0.3) is 0 Å². The summed E-state index contributed by atoms with van der Waals surface area (Å²) in [5.74, 6) is -2.65. The van der Waals surface area contributed by atoms with E-state index >= 15 is 0 Å². The van der Waals surface area contributed by atoms with Crippen LogP contribution < -0.4 is 10.6 Å². The molecule has 4 rings (SSSR count). The average Bonchev–Trinajstić information content (AvgIpc) is 3.07. The molecule has 2 fully saturated rings. The Morgan fingerprint density at radius 1 is 1.14 bits per heavy atom. The fraction of sp³-hybridized carbons (Fsp3) is 0.263. The Labute approximate surface area is 169 Å². The van der Waals surface area contributed by atoms with Crippen molar-refractivity contribution in [3.05, 3.63) is 52.7 Å². The van der Waals surface area contributed by atoms with Crippen molar-refractivity contribution < 1.29 is 29.4 Å². The van der Waals surface area contributed by atoms with E-state index in [4.69, 9.17) is 10.8 Å². The number of benzene rings is 1. The van der Waals surface area contributed by atoms with Crippen LogP contribution >= 0.6 is 11.8 Å². The van der Waals surface area contributed by atoms with Crippen LogP contribution in [-0.2, 0) is 14.4 Å². The first-order valence-corrected chi connectivity index (χ1v) is 9.87. The smallest absolute Gasteiger partial charge is 0.352 e. The van der Waals surface area contributed by atoms with Gasteiger partial charge < -0.3 is 20.8 Å². The Kier molecular flexibility index (Phi) is 4.67. The molecule has 0 radical (unpaired) electrons. The van der Waals surface area contributed by atoms with Crippen LogP contribution in [0.1, 0.15) is 16.8 Å². The Balaban J connectivity index is 1.61. The molecular formula is C19H17N3O6S. The van der Waals surface area contributed by atoms with Gasteiger partial charge in [-0.3, -0.25) is 14.5 Å². The number of fused-ring (bicyclic) bond motifs is 1. The van der Waals surface area contributed by atoms with Crippen LogP contribution in [0.3, 0.4) is 0 Å². The van der Waals surface area contributed by atoms with Gasteiger partial charge in [-0.2, -0.15) is 0 Å². The van der Waals surface area contributed by atoms with Gasteiger partial charge in [0.15, 0.2) is 0 Å². The zero-order valence-corrected chi connectivity index (χ0v) is 15.9. The van der Waals surface area contributed by atoms with E-state index in [9.17, 15) is 24.3 Å². The molecule has 29 heavy (non-hydrogen) atoms. The number of nitrogens with zero attached hydrogens (tertiary/aromatic N) is 2. The number of hydrogen-bond donors (Lipinski definition) is 3. The minimum Gasteiger partial charge on any atom is -0.478 e. The zero-order chi connectivity index (χ0) is 20.9. The molecule has 3 aliphatic heterocycles. The van der Waals surface area contributed by atoms with E-state index in [2.05, 4.69) is 0 Å². The number of carbonyl (C=O) groups excluding carboxylic acids is 2. The Morgan fingerprint density at radius 3 is 2.45 bits per heavy atom. The molecule has 0 unspecified atom stereocenters. The van der Waals surface area contributed by atoms with Gasteiger partial charge in [0.2, 0.25) is 5.91 Å². The lowest BCUT2D eigenvalue weighted by Crippen LogP contribution is -2.68. The molecule has 2 saturated heterocycles. The third-order valence-corrected chi connectivity index (χ3v) is 6.46. The predicted molar refractivity (Wildman–Crippen MR) is 104 cm³/mol. The molecule has 3 heterocycles. The van der Waals surface area contributed by atoms with E-state index in [1.54, 1.807) is 18.2 Å². The van der Waals surface area contributed by atoms with E-state index in [1.165, 1.54) is 33.7 Å². The molecule has 0 spiro atoms. The number of allylic oxidation sites excluding steroid dienone is 1. The summed E-state index contributed by atoms with van der Waals surface area (Å²) in [6.45, 7) is 0.399. The third-order valence-electron chi connectivity index (χ3n) is 5.14. The monoisotopic (exact) mass is 415 g/mol. The van der Waals surface area contributed by atoms with Crippen molar-refractivity contribution in [2.45, 2.75) is 17.8 Å². The molecule has 0 aromatic heterocycles. The van der Waals surface area contributed by atoms with Crippen molar-refractivity contribution in [1.82, 2.24) is 4.90 Å². The number of rotatable bonds is 4. The van der Waals surface area contributed by atoms with Gasteiger partial charge in [0.1, 0.15) is 17.1 Å². The number of hydrogen-bond acceptors (Lipinski definition) is 6. The second-order valence-corrected chi connectivity index (χ2v) is 7.95. The normalized spacial score (nSPS) is 25.3. The molecule has 1 aromatic carbocycles.